The van der Waals surface area contributed by atoms with Gasteiger partial charge in [-0.1, -0.05) is 76.6 Å². The van der Waals surface area contributed by atoms with Crippen LogP contribution in [0.25, 0.3) is 89.5 Å². The molecule has 0 fully saturated rings. The highest BCUT2D eigenvalue weighted by atomic mass is 32.1. The van der Waals surface area contributed by atoms with E-state index in [9.17, 15) is 19.8 Å². The summed E-state index contributed by atoms with van der Waals surface area (Å²) in [5.74, 6) is -1.99. The molecule has 0 atom stereocenters. The van der Waals surface area contributed by atoms with Crippen LogP contribution in [-0.2, 0) is 12.8 Å². The van der Waals surface area contributed by atoms with Crippen LogP contribution in [0.1, 0.15) is 118 Å². The van der Waals surface area contributed by atoms with E-state index in [1.807, 2.05) is 59.1 Å². The Morgan fingerprint density at radius 2 is 0.812 bits per heavy atom. The highest BCUT2D eigenvalue weighted by Gasteiger charge is 2.21. The van der Waals surface area contributed by atoms with E-state index in [1.165, 1.54) is 48.3 Å². The molecule has 0 saturated heterocycles. The number of hydrogen-bond donors (Lipinski definition) is 4. The number of nitrogens with zero attached hydrogens (tertiary/aromatic N) is 2. The number of carboxylic acid groups (broad SMARTS) is 2. The van der Waals surface area contributed by atoms with Crippen LogP contribution in [0.3, 0.4) is 0 Å². The van der Waals surface area contributed by atoms with Crippen molar-refractivity contribution >= 4 is 81.0 Å². The second-order valence-corrected chi connectivity index (χ2v) is 18.8. The summed E-state index contributed by atoms with van der Waals surface area (Å²) in [6.45, 7) is 4.49. The van der Waals surface area contributed by atoms with Gasteiger partial charge in [0.1, 0.15) is 0 Å². The first-order valence-electron chi connectivity index (χ1n) is 22.3. The Hall–Kier alpha value is -6.62. The van der Waals surface area contributed by atoms with Crippen molar-refractivity contribution in [2.24, 2.45) is 0 Å². The molecule has 0 spiro atoms. The van der Waals surface area contributed by atoms with E-state index in [0.29, 0.717) is 11.4 Å². The number of fused-ring (bicyclic) bond motifs is 8. The predicted molar refractivity (Wildman–Crippen MR) is 266 cm³/mol. The highest BCUT2D eigenvalue weighted by Crippen LogP contribution is 2.41. The van der Waals surface area contributed by atoms with Crippen molar-refractivity contribution < 1.29 is 19.8 Å². The number of hydrogen-bond acceptors (Lipinski definition) is 6. The largest absolute Gasteiger partial charge is 0.478 e. The topological polar surface area (TPSA) is 132 Å². The lowest BCUT2D eigenvalue weighted by molar-refractivity contribution is 0.0686. The molecule has 0 aliphatic carbocycles. The third-order valence-corrected chi connectivity index (χ3v) is 14.3. The number of carboxylic acids is 2. The number of nitrogens with one attached hydrogen (secondary N) is 2. The zero-order valence-electron chi connectivity index (χ0n) is 36.0. The van der Waals surface area contributed by atoms with Crippen molar-refractivity contribution in [3.05, 3.63) is 141 Å². The van der Waals surface area contributed by atoms with Gasteiger partial charge in [0.25, 0.3) is 0 Å². The number of aromatic carboxylic acids is 2. The lowest BCUT2D eigenvalue weighted by Crippen LogP contribution is -1.96. The molecule has 0 unspecified atom stereocenters. The Morgan fingerprint density at radius 3 is 1.17 bits per heavy atom. The smallest absolute Gasteiger partial charge is 0.335 e. The monoisotopic (exact) mass is 882 g/mol. The van der Waals surface area contributed by atoms with E-state index in [1.54, 1.807) is 24.3 Å². The summed E-state index contributed by atoms with van der Waals surface area (Å²) in [6.07, 6.45) is 20.0. The van der Waals surface area contributed by atoms with Gasteiger partial charge in [-0.25, -0.2) is 19.6 Å². The lowest BCUT2D eigenvalue weighted by Gasteiger charge is -2.07. The molecule has 4 N–H and O–H groups in total. The molecule has 64 heavy (non-hydrogen) atoms. The van der Waals surface area contributed by atoms with Crippen LogP contribution in [0.15, 0.2) is 97.1 Å². The molecular formula is C54H50N4O4S2. The Labute approximate surface area is 380 Å². The molecular weight excluding hydrogens is 833 g/mol. The molecule has 9 rings (SSSR count). The number of thiophene rings is 2. The molecule has 322 valence electrons. The van der Waals surface area contributed by atoms with E-state index >= 15 is 0 Å². The molecule has 7 heterocycles. The van der Waals surface area contributed by atoms with Gasteiger partial charge in [0.15, 0.2) is 0 Å². The Kier molecular flexibility index (Phi) is 12.7. The highest BCUT2D eigenvalue weighted by molar-refractivity contribution is 7.16. The van der Waals surface area contributed by atoms with E-state index in [0.717, 1.165) is 102 Å². The summed E-state index contributed by atoms with van der Waals surface area (Å²) in [4.78, 5) is 47.2. The SMILES string of the molecule is CCCCCCc1ccc(-c2c3nc(c(-c4ccc(CCCCCC)s4)c4ccc([nH]4)c(-c4ccc(C(=O)O)cc4)c4nc(c(-c5ccc(C(=O)O)cc5)c5ccc2[nH]5)C=C4)C=C3)s1. The second kappa shape index (κ2) is 19.0. The molecule has 2 aromatic carbocycles. The van der Waals surface area contributed by atoms with E-state index in [2.05, 4.69) is 84.5 Å². The first kappa shape index (κ1) is 42.7. The fraction of sp³-hybridized carbons (Fsp3) is 0.222. The second-order valence-electron chi connectivity index (χ2n) is 16.4. The standard InChI is InChI=1S/C54H50N4O4S2/c1-3-5-7-9-11-37-21-31-47(63-37)51-43-27-25-41(56-43)49(33-13-17-35(18-14-33)53(59)60)39-23-24-40(55-39)50(34-15-19-36(20-16-34)54(61)62)42-26-28-44(57-42)52(46-30-29-45(51)58-46)48-32-22-38(64-48)12-10-8-6-4-2/h13-32,56-57H,3-12H2,1-2H3,(H,59,60)(H,61,62). The van der Waals surface area contributed by atoms with Crippen LogP contribution in [0.2, 0.25) is 0 Å². The van der Waals surface area contributed by atoms with Crippen molar-refractivity contribution in [1.82, 2.24) is 19.9 Å². The van der Waals surface area contributed by atoms with Crippen molar-refractivity contribution in [1.29, 1.82) is 0 Å². The van der Waals surface area contributed by atoms with Gasteiger partial charge in [-0.2, -0.15) is 0 Å². The summed E-state index contributed by atoms with van der Waals surface area (Å²) in [6, 6.07) is 31.2. The number of carbonyl (C=O) groups is 2. The van der Waals surface area contributed by atoms with Crippen molar-refractivity contribution in [2.45, 2.75) is 78.1 Å². The Morgan fingerprint density at radius 1 is 0.453 bits per heavy atom. The van der Waals surface area contributed by atoms with E-state index < -0.39 is 11.9 Å². The molecule has 0 saturated carbocycles. The number of benzene rings is 2. The summed E-state index contributed by atoms with van der Waals surface area (Å²) in [5, 5.41) is 19.6. The van der Waals surface area contributed by atoms with Crippen LogP contribution in [0.4, 0.5) is 0 Å². The molecule has 0 radical (unpaired) electrons. The molecule has 8 nitrogen and oxygen atoms in total. The van der Waals surface area contributed by atoms with Crippen LogP contribution in [0, 0.1) is 0 Å². The molecule has 8 bridgehead atoms. The van der Waals surface area contributed by atoms with Crippen LogP contribution >= 0.6 is 22.7 Å². The van der Waals surface area contributed by atoms with Gasteiger partial charge in [0, 0.05) is 63.8 Å². The maximum atomic E-state index is 11.9. The van der Waals surface area contributed by atoms with Gasteiger partial charge in [-0.3, -0.25) is 0 Å². The fourth-order valence-corrected chi connectivity index (χ4v) is 10.9. The van der Waals surface area contributed by atoms with Crippen molar-refractivity contribution in [3.63, 3.8) is 0 Å². The molecule has 0 amide bonds. The van der Waals surface area contributed by atoms with E-state index in [4.69, 9.17) is 9.97 Å². The minimum absolute atomic E-state index is 0.197. The average molecular weight is 883 g/mol. The van der Waals surface area contributed by atoms with Gasteiger partial charge in [-0.15, -0.1) is 22.7 Å². The predicted octanol–water partition coefficient (Wildman–Crippen LogP) is 15.1. The number of unbranched alkanes of at least 4 members (excludes halogenated alkanes) is 6. The normalized spacial score (nSPS) is 12.0. The summed E-state index contributed by atoms with van der Waals surface area (Å²) in [5.41, 5.74) is 12.2. The first-order valence-corrected chi connectivity index (χ1v) is 23.9. The average Bonchev–Trinajstić information content (AvgIpc) is 4.17. The summed E-state index contributed by atoms with van der Waals surface area (Å²) in [7, 11) is 0. The zero-order chi connectivity index (χ0) is 44.2. The fourth-order valence-electron chi connectivity index (χ4n) is 8.64. The van der Waals surface area contributed by atoms with Crippen LogP contribution < -0.4 is 0 Å². The van der Waals surface area contributed by atoms with Gasteiger partial charge in [0.2, 0.25) is 0 Å². The van der Waals surface area contributed by atoms with Crippen LogP contribution in [0.5, 0.6) is 0 Å². The molecule has 10 heteroatoms. The number of aromatic nitrogens is 4. The number of rotatable bonds is 16. The third-order valence-electron chi connectivity index (χ3n) is 12.0. The zero-order valence-corrected chi connectivity index (χ0v) is 37.7. The number of aryl methyl sites for hydroxylation is 2. The lowest BCUT2D eigenvalue weighted by atomic mass is 10.0. The van der Waals surface area contributed by atoms with Gasteiger partial charge >= 0.3 is 11.9 Å². The van der Waals surface area contributed by atoms with Gasteiger partial charge in [-0.05, 0) is 134 Å². The minimum Gasteiger partial charge on any atom is -0.478 e. The molecule has 2 aliphatic heterocycles. The minimum atomic E-state index is -0.993. The Bertz CT molecular complexity index is 2890. The number of aromatic amines is 2. The number of H-pyrrole nitrogens is 2. The van der Waals surface area contributed by atoms with Gasteiger partial charge in [0.05, 0.1) is 33.9 Å². The first-order chi connectivity index (χ1) is 31.3. The maximum Gasteiger partial charge on any atom is 0.335 e. The molecule has 2 aliphatic rings. The Balaban J connectivity index is 1.34. The van der Waals surface area contributed by atoms with E-state index in [-0.39, 0.29) is 11.1 Å². The van der Waals surface area contributed by atoms with Crippen molar-refractivity contribution in [2.75, 3.05) is 0 Å². The summed E-state index contributed by atoms with van der Waals surface area (Å²) >= 11 is 3.65. The molecule has 5 aromatic heterocycles. The third kappa shape index (κ3) is 8.94. The quantitative estimate of drug-likeness (QED) is 0.0715. The van der Waals surface area contributed by atoms with Crippen LogP contribution in [-0.4, -0.2) is 42.1 Å². The molecule has 7 aromatic rings. The van der Waals surface area contributed by atoms with Crippen molar-refractivity contribution in [3.8, 4) is 43.1 Å². The summed E-state index contributed by atoms with van der Waals surface area (Å²) < 4.78 is 0. The maximum absolute atomic E-state index is 11.9. The van der Waals surface area contributed by atoms with Gasteiger partial charge < -0.3 is 20.2 Å².